The molecular formula is C17H18ClN3O3S. The third kappa shape index (κ3) is 4.35. The number of carbonyl (C=O) groups excluding carboxylic acids is 2. The quantitative estimate of drug-likeness (QED) is 0.739. The number of thioether (sulfide) groups is 1. The van der Waals surface area contributed by atoms with Crippen molar-refractivity contribution in [3.63, 3.8) is 0 Å². The third-order valence-electron chi connectivity index (χ3n) is 3.85. The van der Waals surface area contributed by atoms with Crippen LogP contribution >= 0.6 is 23.4 Å². The highest BCUT2D eigenvalue weighted by Crippen LogP contribution is 2.30. The summed E-state index contributed by atoms with van der Waals surface area (Å²) < 4.78 is 5.01. The Balaban J connectivity index is 1.60. The Morgan fingerprint density at radius 1 is 1.28 bits per heavy atom. The average Bonchev–Trinajstić information content (AvgIpc) is 2.98. The number of nitrogens with zero attached hydrogens (tertiary/aromatic N) is 3. The van der Waals surface area contributed by atoms with Crippen molar-refractivity contribution in [2.75, 3.05) is 32.8 Å². The van der Waals surface area contributed by atoms with Crippen molar-refractivity contribution in [3.05, 3.63) is 39.8 Å². The van der Waals surface area contributed by atoms with Crippen LogP contribution in [0.2, 0.25) is 5.02 Å². The molecular weight excluding hydrogens is 362 g/mol. The second-order valence-electron chi connectivity index (χ2n) is 5.53. The number of aliphatic imine (C=N–C) groups is 1. The summed E-state index contributed by atoms with van der Waals surface area (Å²) in [7, 11) is 0. The minimum absolute atomic E-state index is 0.234. The van der Waals surface area contributed by atoms with Gasteiger partial charge in [-0.1, -0.05) is 23.7 Å². The normalized spacial score (nSPS) is 19.4. The van der Waals surface area contributed by atoms with Crippen LogP contribution in [0.15, 0.2) is 34.2 Å². The molecule has 0 atom stereocenters. The van der Waals surface area contributed by atoms with E-state index in [2.05, 4.69) is 4.99 Å². The molecule has 3 rings (SSSR count). The molecule has 1 aromatic rings. The van der Waals surface area contributed by atoms with E-state index in [0.29, 0.717) is 47.9 Å². The van der Waals surface area contributed by atoms with Crippen molar-refractivity contribution in [2.45, 2.75) is 6.92 Å². The van der Waals surface area contributed by atoms with Gasteiger partial charge in [0.05, 0.1) is 11.5 Å². The fraction of sp³-hybridized carbons (Fsp3) is 0.353. The van der Waals surface area contributed by atoms with E-state index in [0.717, 1.165) is 5.56 Å². The van der Waals surface area contributed by atoms with Crippen LogP contribution < -0.4 is 0 Å². The molecule has 2 heterocycles. The van der Waals surface area contributed by atoms with E-state index >= 15 is 0 Å². The number of piperazine rings is 1. The fourth-order valence-electron chi connectivity index (χ4n) is 2.54. The molecule has 8 heteroatoms. The third-order valence-corrected chi connectivity index (χ3v) is 5.15. The van der Waals surface area contributed by atoms with Crippen LogP contribution in [0.3, 0.4) is 0 Å². The zero-order valence-electron chi connectivity index (χ0n) is 13.8. The summed E-state index contributed by atoms with van der Waals surface area (Å²) in [6, 6.07) is 7.29. The van der Waals surface area contributed by atoms with E-state index in [4.69, 9.17) is 16.3 Å². The molecule has 0 aliphatic carbocycles. The standard InChI is InChI=1S/C17H18ClN3O3S/c1-2-24-17(23)21-9-7-20(8-10-21)16-19-15(22)14(25-16)11-12-3-5-13(18)6-4-12/h3-6,11H,2,7-10H2,1H3/b14-11-. The van der Waals surface area contributed by atoms with Crippen LogP contribution in [-0.2, 0) is 9.53 Å². The maximum Gasteiger partial charge on any atom is 0.409 e. The molecule has 0 bridgehead atoms. The van der Waals surface area contributed by atoms with Crippen LogP contribution in [-0.4, -0.2) is 59.8 Å². The highest BCUT2D eigenvalue weighted by Gasteiger charge is 2.29. The second-order valence-corrected chi connectivity index (χ2v) is 6.98. The van der Waals surface area contributed by atoms with Crippen LogP contribution in [0.4, 0.5) is 4.79 Å². The van der Waals surface area contributed by atoms with Gasteiger partial charge in [-0.3, -0.25) is 4.79 Å². The number of rotatable bonds is 2. The molecule has 6 nitrogen and oxygen atoms in total. The molecule has 0 saturated carbocycles. The topological polar surface area (TPSA) is 62.2 Å². The maximum atomic E-state index is 12.1. The van der Waals surface area contributed by atoms with Gasteiger partial charge >= 0.3 is 6.09 Å². The Bertz CT molecular complexity index is 725. The minimum Gasteiger partial charge on any atom is -0.450 e. The average molecular weight is 380 g/mol. The first-order valence-corrected chi connectivity index (χ1v) is 9.21. The summed E-state index contributed by atoms with van der Waals surface area (Å²) in [5.41, 5.74) is 0.906. The van der Waals surface area contributed by atoms with Crippen molar-refractivity contribution in [1.29, 1.82) is 0 Å². The van der Waals surface area contributed by atoms with Crippen LogP contribution in [0.5, 0.6) is 0 Å². The van der Waals surface area contributed by atoms with Gasteiger partial charge in [-0.25, -0.2) is 4.79 Å². The Kier molecular flexibility index (Phi) is 5.65. The lowest BCUT2D eigenvalue weighted by Gasteiger charge is -2.34. The monoisotopic (exact) mass is 379 g/mol. The molecule has 2 amide bonds. The summed E-state index contributed by atoms with van der Waals surface area (Å²) >= 11 is 7.24. The summed E-state index contributed by atoms with van der Waals surface area (Å²) in [5.74, 6) is -0.234. The van der Waals surface area contributed by atoms with Crippen molar-refractivity contribution in [1.82, 2.24) is 9.80 Å². The SMILES string of the molecule is CCOC(=O)N1CCN(C2=NC(=O)/C(=C/c3ccc(Cl)cc3)S2)CC1. The van der Waals surface area contributed by atoms with Gasteiger partial charge < -0.3 is 14.5 Å². The summed E-state index contributed by atoms with van der Waals surface area (Å²) in [6.07, 6.45) is 1.52. The van der Waals surface area contributed by atoms with E-state index < -0.39 is 0 Å². The number of halogens is 1. The van der Waals surface area contributed by atoms with E-state index in [1.807, 2.05) is 23.1 Å². The number of benzene rings is 1. The molecule has 132 valence electrons. The summed E-state index contributed by atoms with van der Waals surface area (Å²) in [6.45, 7) is 4.54. The molecule has 0 unspecified atom stereocenters. The lowest BCUT2D eigenvalue weighted by Crippen LogP contribution is -2.50. The first-order chi connectivity index (χ1) is 12.1. The van der Waals surface area contributed by atoms with Gasteiger partial charge in [0.25, 0.3) is 5.91 Å². The van der Waals surface area contributed by atoms with E-state index in [9.17, 15) is 9.59 Å². The molecule has 0 radical (unpaired) electrons. The lowest BCUT2D eigenvalue weighted by molar-refractivity contribution is -0.113. The summed E-state index contributed by atoms with van der Waals surface area (Å²) in [4.78, 5) is 32.3. The van der Waals surface area contributed by atoms with E-state index in [-0.39, 0.29) is 12.0 Å². The molecule has 0 spiro atoms. The number of ether oxygens (including phenoxy) is 1. The second kappa shape index (κ2) is 7.93. The van der Waals surface area contributed by atoms with Crippen molar-refractivity contribution in [2.24, 2.45) is 4.99 Å². The van der Waals surface area contributed by atoms with Gasteiger partial charge in [-0.05, 0) is 42.5 Å². The predicted octanol–water partition coefficient (Wildman–Crippen LogP) is 3.08. The smallest absolute Gasteiger partial charge is 0.409 e. The van der Waals surface area contributed by atoms with E-state index in [1.165, 1.54) is 11.8 Å². The zero-order valence-corrected chi connectivity index (χ0v) is 15.3. The van der Waals surface area contributed by atoms with Gasteiger partial charge in [0.2, 0.25) is 0 Å². The number of hydrogen-bond donors (Lipinski definition) is 0. The predicted molar refractivity (Wildman–Crippen MR) is 99.6 cm³/mol. The van der Waals surface area contributed by atoms with Gasteiger partial charge in [0.1, 0.15) is 0 Å². The van der Waals surface area contributed by atoms with Crippen LogP contribution in [0, 0.1) is 0 Å². The molecule has 2 aliphatic rings. The van der Waals surface area contributed by atoms with Crippen molar-refractivity contribution in [3.8, 4) is 0 Å². The van der Waals surface area contributed by atoms with Crippen LogP contribution in [0.25, 0.3) is 6.08 Å². The molecule has 0 N–H and O–H groups in total. The zero-order chi connectivity index (χ0) is 17.8. The van der Waals surface area contributed by atoms with E-state index in [1.54, 1.807) is 24.0 Å². The Morgan fingerprint density at radius 3 is 2.60 bits per heavy atom. The molecule has 2 aliphatic heterocycles. The minimum atomic E-state index is -0.289. The fourth-order valence-corrected chi connectivity index (χ4v) is 3.63. The van der Waals surface area contributed by atoms with Gasteiger partial charge in [0.15, 0.2) is 5.17 Å². The van der Waals surface area contributed by atoms with Gasteiger partial charge in [-0.2, -0.15) is 4.99 Å². The highest BCUT2D eigenvalue weighted by atomic mass is 35.5. The number of hydrogen-bond acceptors (Lipinski definition) is 5. The Morgan fingerprint density at radius 2 is 1.96 bits per heavy atom. The van der Waals surface area contributed by atoms with Crippen molar-refractivity contribution < 1.29 is 14.3 Å². The maximum absolute atomic E-state index is 12.1. The number of amidine groups is 1. The number of amides is 2. The lowest BCUT2D eigenvalue weighted by atomic mass is 10.2. The highest BCUT2D eigenvalue weighted by molar-refractivity contribution is 8.18. The largest absolute Gasteiger partial charge is 0.450 e. The van der Waals surface area contributed by atoms with Gasteiger partial charge in [-0.15, -0.1) is 0 Å². The van der Waals surface area contributed by atoms with Gasteiger partial charge in [0, 0.05) is 31.2 Å². The number of carbonyl (C=O) groups is 2. The Labute approximate surface area is 155 Å². The summed E-state index contributed by atoms with van der Waals surface area (Å²) in [5, 5.41) is 1.35. The molecule has 25 heavy (non-hydrogen) atoms. The molecule has 1 aromatic carbocycles. The molecule has 1 saturated heterocycles. The molecule has 0 aromatic heterocycles. The van der Waals surface area contributed by atoms with Crippen LogP contribution in [0.1, 0.15) is 12.5 Å². The first kappa shape index (κ1) is 17.8. The molecule has 1 fully saturated rings. The first-order valence-electron chi connectivity index (χ1n) is 8.01. The Hall–Kier alpha value is -1.99. The van der Waals surface area contributed by atoms with Crippen molar-refractivity contribution >= 4 is 46.6 Å².